The van der Waals surface area contributed by atoms with Crippen molar-refractivity contribution < 1.29 is 26.7 Å². The third-order valence-corrected chi connectivity index (χ3v) is 10.8. The third kappa shape index (κ3) is 7.22. The normalized spacial score (nSPS) is 16.0. The van der Waals surface area contributed by atoms with E-state index in [1.807, 2.05) is 19.9 Å². The minimum atomic E-state index is -3.96. The van der Waals surface area contributed by atoms with Gasteiger partial charge in [-0.15, -0.1) is 0 Å². The van der Waals surface area contributed by atoms with Crippen molar-refractivity contribution in [3.8, 4) is 5.75 Å². The summed E-state index contributed by atoms with van der Waals surface area (Å²) in [6.07, 6.45) is 3.06. The van der Waals surface area contributed by atoms with Crippen LogP contribution in [0.5, 0.6) is 5.75 Å². The Morgan fingerprint density at radius 2 is 1.65 bits per heavy atom. The highest BCUT2D eigenvalue weighted by atomic mass is 32.2. The lowest BCUT2D eigenvalue weighted by molar-refractivity contribution is 0.125. The summed E-state index contributed by atoms with van der Waals surface area (Å²) in [4.78, 5) is 7.36. The minimum Gasteiger partial charge on any atom is -0.497 e. The van der Waals surface area contributed by atoms with Gasteiger partial charge in [0.15, 0.2) is 0 Å². The van der Waals surface area contributed by atoms with E-state index in [1.54, 1.807) is 30.3 Å². The molecule has 2 N–H and O–H groups in total. The quantitative estimate of drug-likeness (QED) is 0.291. The lowest BCUT2D eigenvalue weighted by Crippen LogP contribution is -2.42. The number of ether oxygens (including phenoxy) is 1. The number of nitrogens with zero attached hydrogens (tertiary/aromatic N) is 3. The maximum Gasteiger partial charge on any atom is 0.276 e. The zero-order chi connectivity index (χ0) is 28.9. The lowest BCUT2D eigenvalue weighted by Gasteiger charge is -2.28. The van der Waals surface area contributed by atoms with Crippen LogP contribution in [-0.4, -0.2) is 79.9 Å². The molecule has 0 aliphatic heterocycles. The summed E-state index contributed by atoms with van der Waals surface area (Å²) in [5.41, 5.74) is 1.20. The minimum absolute atomic E-state index is 0.0209. The number of aliphatic hydroxyl groups is 1. The summed E-state index contributed by atoms with van der Waals surface area (Å²) in [5.74, 6) is 0.805. The molecule has 0 saturated heterocycles. The molecule has 1 aliphatic carbocycles. The third-order valence-electron chi connectivity index (χ3n) is 7.28. The zero-order valence-corrected chi connectivity index (χ0v) is 25.0. The van der Waals surface area contributed by atoms with Crippen LogP contribution in [0.4, 0.5) is 0 Å². The van der Waals surface area contributed by atoms with E-state index in [-0.39, 0.29) is 47.9 Å². The van der Waals surface area contributed by atoms with Crippen molar-refractivity contribution in [2.75, 3.05) is 33.3 Å². The van der Waals surface area contributed by atoms with E-state index in [4.69, 9.17) is 4.74 Å². The number of fused-ring (bicyclic) bond motifs is 1. The smallest absolute Gasteiger partial charge is 0.276 e. The van der Waals surface area contributed by atoms with Crippen molar-refractivity contribution in [3.63, 3.8) is 0 Å². The largest absolute Gasteiger partial charge is 0.497 e. The van der Waals surface area contributed by atoms with Crippen molar-refractivity contribution in [1.29, 1.82) is 0 Å². The Bertz CT molecular complexity index is 1430. The highest BCUT2D eigenvalue weighted by Crippen LogP contribution is 2.28. The highest BCUT2D eigenvalue weighted by molar-refractivity contribution is 7.89. The van der Waals surface area contributed by atoms with E-state index in [9.17, 15) is 21.9 Å². The molecular weight excluding hydrogens is 552 g/mol. The van der Waals surface area contributed by atoms with Gasteiger partial charge in [0.2, 0.25) is 15.2 Å². The molecule has 4 rings (SSSR count). The number of aromatic nitrogens is 2. The van der Waals surface area contributed by atoms with Gasteiger partial charge in [-0.1, -0.05) is 38.8 Å². The molecule has 220 valence electrons. The predicted molar refractivity (Wildman–Crippen MR) is 154 cm³/mol. The molecule has 40 heavy (non-hydrogen) atoms. The maximum atomic E-state index is 13.7. The fraction of sp³-hybridized carbons (Fsp3) is 0.536. The molecular formula is C28H40N4O6S2. The molecule has 1 fully saturated rings. The molecule has 10 nitrogen and oxygen atoms in total. The van der Waals surface area contributed by atoms with E-state index >= 15 is 0 Å². The topological polar surface area (TPSA) is 133 Å². The molecule has 0 unspecified atom stereocenters. The van der Waals surface area contributed by atoms with Crippen molar-refractivity contribution in [2.24, 2.45) is 11.8 Å². The van der Waals surface area contributed by atoms with Crippen LogP contribution < -0.4 is 4.74 Å². The Morgan fingerprint density at radius 3 is 2.27 bits per heavy atom. The van der Waals surface area contributed by atoms with Crippen LogP contribution >= 0.6 is 0 Å². The van der Waals surface area contributed by atoms with Crippen molar-refractivity contribution in [3.05, 3.63) is 48.5 Å². The predicted octanol–water partition coefficient (Wildman–Crippen LogP) is 3.85. The number of benzene rings is 2. The van der Waals surface area contributed by atoms with E-state index < -0.39 is 26.2 Å². The standard InChI is InChI=1S/C28H40N4O6S2/c1-21(2)18-32(39(34,35)25-14-12-24(38-3)13-15-25)20-23(33)16-17-31(19-22-8-4-5-9-22)40(36,37)28-29-26-10-6-7-11-27(26)30-28/h6-7,10-15,21-23,33H,4-5,8-9,16-20H2,1-3H3,(H,29,30)/t23-/m0/s1. The first kappa shape index (κ1) is 30.4. The molecule has 1 aromatic heterocycles. The number of H-pyrrole nitrogens is 1. The molecule has 3 aromatic rings. The first-order valence-corrected chi connectivity index (χ1v) is 16.7. The molecule has 1 saturated carbocycles. The van der Waals surface area contributed by atoms with Gasteiger partial charge in [0, 0.05) is 26.2 Å². The molecule has 1 aliphatic rings. The van der Waals surface area contributed by atoms with E-state index in [2.05, 4.69) is 9.97 Å². The number of aromatic amines is 1. The Morgan fingerprint density at radius 1 is 0.975 bits per heavy atom. The Labute approximate surface area is 237 Å². The van der Waals surface area contributed by atoms with Crippen LogP contribution in [0.3, 0.4) is 0 Å². The number of methoxy groups -OCH3 is 1. The second-order valence-corrected chi connectivity index (χ2v) is 14.7. The second-order valence-electron chi connectivity index (χ2n) is 10.9. The first-order chi connectivity index (χ1) is 19.0. The van der Waals surface area contributed by atoms with Crippen LogP contribution in [0.15, 0.2) is 58.6 Å². The van der Waals surface area contributed by atoms with Gasteiger partial charge in [0.25, 0.3) is 10.0 Å². The van der Waals surface area contributed by atoms with Crippen LogP contribution in [0, 0.1) is 11.8 Å². The highest BCUT2D eigenvalue weighted by Gasteiger charge is 2.33. The Kier molecular flexibility index (Phi) is 9.89. The monoisotopic (exact) mass is 592 g/mol. The van der Waals surface area contributed by atoms with E-state index in [1.165, 1.54) is 27.9 Å². The molecule has 0 bridgehead atoms. The van der Waals surface area contributed by atoms with Gasteiger partial charge < -0.3 is 14.8 Å². The average Bonchev–Trinajstić information content (AvgIpc) is 3.60. The molecule has 0 spiro atoms. The summed E-state index contributed by atoms with van der Waals surface area (Å²) in [7, 11) is -6.34. The molecule has 12 heteroatoms. The summed E-state index contributed by atoms with van der Waals surface area (Å²) in [6, 6.07) is 13.3. The molecule has 1 heterocycles. The zero-order valence-electron chi connectivity index (χ0n) is 23.4. The fourth-order valence-corrected chi connectivity index (χ4v) is 8.25. The number of nitrogens with one attached hydrogen (secondary N) is 1. The van der Waals surface area contributed by atoms with Gasteiger partial charge in [0.05, 0.1) is 29.1 Å². The van der Waals surface area contributed by atoms with Crippen LogP contribution in [0.25, 0.3) is 11.0 Å². The van der Waals surface area contributed by atoms with Crippen LogP contribution in [0.2, 0.25) is 0 Å². The van der Waals surface area contributed by atoms with Gasteiger partial charge >= 0.3 is 0 Å². The van der Waals surface area contributed by atoms with Gasteiger partial charge in [-0.3, -0.25) is 0 Å². The summed E-state index contributed by atoms with van der Waals surface area (Å²) >= 11 is 0. The number of aliphatic hydroxyl groups excluding tert-OH is 1. The fourth-order valence-electron chi connectivity index (χ4n) is 5.16. The maximum absolute atomic E-state index is 13.7. The SMILES string of the molecule is COc1ccc(S(=O)(=O)N(CC(C)C)C[C@@H](O)CCN(CC2CCCC2)S(=O)(=O)c2nc3ccccc3[nH]2)cc1. The van der Waals surface area contributed by atoms with Crippen LogP contribution in [0.1, 0.15) is 46.0 Å². The van der Waals surface area contributed by atoms with Crippen molar-refractivity contribution in [2.45, 2.75) is 62.1 Å². The second kappa shape index (κ2) is 13.0. The lowest BCUT2D eigenvalue weighted by atomic mass is 10.1. The summed E-state index contributed by atoms with van der Waals surface area (Å²) in [6.45, 7) is 4.28. The average molecular weight is 593 g/mol. The number of hydrogen-bond donors (Lipinski definition) is 2. The molecule has 2 aromatic carbocycles. The van der Waals surface area contributed by atoms with Gasteiger partial charge in [0.1, 0.15) is 5.75 Å². The molecule has 0 radical (unpaired) electrons. The van der Waals surface area contributed by atoms with Crippen molar-refractivity contribution >= 4 is 31.1 Å². The Balaban J connectivity index is 1.51. The van der Waals surface area contributed by atoms with Gasteiger partial charge in [-0.2, -0.15) is 8.61 Å². The number of imidazole rings is 1. The van der Waals surface area contributed by atoms with Gasteiger partial charge in [-0.05, 0) is 67.5 Å². The van der Waals surface area contributed by atoms with Crippen molar-refractivity contribution in [1.82, 2.24) is 18.6 Å². The van der Waals surface area contributed by atoms with E-state index in [0.29, 0.717) is 23.3 Å². The Hall–Kier alpha value is -2.51. The summed E-state index contributed by atoms with van der Waals surface area (Å²) in [5, 5.41) is 10.9. The number of sulfonamides is 2. The van der Waals surface area contributed by atoms with Crippen LogP contribution in [-0.2, 0) is 20.0 Å². The molecule has 0 amide bonds. The van der Waals surface area contributed by atoms with E-state index in [0.717, 1.165) is 25.7 Å². The first-order valence-electron chi connectivity index (χ1n) is 13.8. The van der Waals surface area contributed by atoms with Gasteiger partial charge in [-0.25, -0.2) is 21.8 Å². The number of hydrogen-bond acceptors (Lipinski definition) is 7. The number of para-hydroxylation sites is 2. The molecule has 1 atom stereocenters. The summed E-state index contributed by atoms with van der Waals surface area (Å²) < 4.78 is 62.1. The number of rotatable bonds is 14.